The van der Waals surface area contributed by atoms with Crippen LogP contribution in [-0.4, -0.2) is 116 Å². The van der Waals surface area contributed by atoms with E-state index in [0.717, 1.165) is 44.9 Å². The molecule has 0 aromatic carbocycles. The molecule has 0 fully saturated rings. The van der Waals surface area contributed by atoms with Gasteiger partial charge in [0.15, 0.2) is 0 Å². The summed E-state index contributed by atoms with van der Waals surface area (Å²) in [4.78, 5) is 39.6. The van der Waals surface area contributed by atoms with E-state index in [1.54, 1.807) is 19.0 Å². The lowest BCUT2D eigenvalue weighted by Gasteiger charge is -2.42. The number of nitrogens with zero attached hydrogens (tertiary/aromatic N) is 2. The van der Waals surface area contributed by atoms with E-state index in [9.17, 15) is 62.7 Å². The van der Waals surface area contributed by atoms with Crippen molar-refractivity contribution in [3.8, 4) is 0 Å². The molecular formula is C48H79F15N2O5. The van der Waals surface area contributed by atoms with Gasteiger partial charge in [-0.25, -0.2) is 0 Å². The summed E-state index contributed by atoms with van der Waals surface area (Å²) >= 11 is 0. The predicted octanol–water partition coefficient (Wildman–Crippen LogP) is 15.3. The molecule has 3 atom stereocenters. The zero-order valence-corrected chi connectivity index (χ0v) is 41.8. The maximum Gasteiger partial charge on any atom is 0.460 e. The van der Waals surface area contributed by atoms with Crippen LogP contribution in [0.15, 0.2) is 0 Å². The third-order valence-corrected chi connectivity index (χ3v) is 12.7. The van der Waals surface area contributed by atoms with Crippen LogP contribution in [-0.2, 0) is 23.9 Å². The largest absolute Gasteiger partial charge is 0.465 e. The number of hydrogen-bond acceptors (Lipinski definition) is 6. The molecule has 0 aliphatic carbocycles. The summed E-state index contributed by atoms with van der Waals surface area (Å²) in [6.45, 7) is 8.07. The summed E-state index contributed by atoms with van der Waals surface area (Å²) in [7, 11) is 3.18. The topological polar surface area (TPSA) is 76.2 Å². The SMILES string of the molecule is CCCCC(CC)COC(=O)CCCCCCCCC(CCCCCCCCC(=O)OCC(CC)CCC)N(CCCCN(C)C)C(=O)C(F)(F)C(F)(F)C(F)(F)C(F)(F)C(F)(F)C(F)(F)C(F)(F)F. The molecule has 0 aliphatic heterocycles. The van der Waals surface area contributed by atoms with Gasteiger partial charge in [0.2, 0.25) is 0 Å². The number of carbonyl (C=O) groups is 3. The fraction of sp³-hybridized carbons (Fsp3) is 0.938. The molecule has 0 saturated carbocycles. The average Bonchev–Trinajstić information content (AvgIpc) is 3.27. The minimum absolute atomic E-state index is 0.0619. The molecule has 0 saturated heterocycles. The predicted molar refractivity (Wildman–Crippen MR) is 237 cm³/mol. The highest BCUT2D eigenvalue weighted by molar-refractivity contribution is 5.85. The summed E-state index contributed by atoms with van der Waals surface area (Å²) in [6.07, 6.45) is 3.65. The zero-order chi connectivity index (χ0) is 54.0. The van der Waals surface area contributed by atoms with Crippen LogP contribution in [0.3, 0.4) is 0 Å². The molecule has 0 aromatic heterocycles. The van der Waals surface area contributed by atoms with E-state index >= 15 is 17.6 Å². The number of esters is 2. The van der Waals surface area contributed by atoms with Crippen LogP contribution in [0, 0.1) is 11.8 Å². The molecule has 416 valence electrons. The Hall–Kier alpha value is -2.68. The van der Waals surface area contributed by atoms with E-state index in [4.69, 9.17) is 9.47 Å². The molecule has 1 amide bonds. The molecule has 0 N–H and O–H groups in total. The van der Waals surface area contributed by atoms with Gasteiger partial charge < -0.3 is 19.3 Å². The van der Waals surface area contributed by atoms with Crippen molar-refractivity contribution in [3.63, 3.8) is 0 Å². The first-order chi connectivity index (χ1) is 32.4. The van der Waals surface area contributed by atoms with Gasteiger partial charge in [-0.2, -0.15) is 65.9 Å². The molecule has 0 heterocycles. The van der Waals surface area contributed by atoms with E-state index < -0.39 is 60.2 Å². The highest BCUT2D eigenvalue weighted by atomic mass is 19.4. The molecule has 0 radical (unpaired) electrons. The van der Waals surface area contributed by atoms with Crippen molar-refractivity contribution < 1.29 is 89.7 Å². The summed E-state index contributed by atoms with van der Waals surface area (Å²) < 4.78 is 224. The Kier molecular flexibility index (Phi) is 30.6. The van der Waals surface area contributed by atoms with Crippen molar-refractivity contribution in [1.29, 1.82) is 0 Å². The van der Waals surface area contributed by atoms with Crippen molar-refractivity contribution in [2.24, 2.45) is 11.8 Å². The van der Waals surface area contributed by atoms with Crippen molar-refractivity contribution in [1.82, 2.24) is 9.80 Å². The minimum Gasteiger partial charge on any atom is -0.465 e. The Morgan fingerprint density at radius 3 is 1.21 bits per heavy atom. The Morgan fingerprint density at radius 1 is 0.429 bits per heavy atom. The van der Waals surface area contributed by atoms with Gasteiger partial charge >= 0.3 is 53.7 Å². The second-order valence-corrected chi connectivity index (χ2v) is 18.8. The maximum atomic E-state index is 15.6. The van der Waals surface area contributed by atoms with Gasteiger partial charge in [-0.3, -0.25) is 14.4 Å². The van der Waals surface area contributed by atoms with Crippen molar-refractivity contribution in [2.75, 3.05) is 40.4 Å². The zero-order valence-electron chi connectivity index (χ0n) is 41.8. The van der Waals surface area contributed by atoms with Crippen LogP contribution in [0.5, 0.6) is 0 Å². The number of alkyl halides is 15. The smallest absolute Gasteiger partial charge is 0.460 e. The summed E-state index contributed by atoms with van der Waals surface area (Å²) in [6, 6.07) is -1.47. The molecule has 0 rings (SSSR count). The van der Waals surface area contributed by atoms with Crippen LogP contribution >= 0.6 is 0 Å². The summed E-state index contributed by atoms with van der Waals surface area (Å²) in [5.74, 6) is -51.8. The lowest BCUT2D eigenvalue weighted by atomic mass is 9.90. The summed E-state index contributed by atoms with van der Waals surface area (Å²) in [5, 5.41) is 0. The van der Waals surface area contributed by atoms with Gasteiger partial charge in [-0.1, -0.05) is 124 Å². The third-order valence-electron chi connectivity index (χ3n) is 12.7. The second-order valence-electron chi connectivity index (χ2n) is 18.8. The highest BCUT2D eigenvalue weighted by Gasteiger charge is 2.94. The Balaban J connectivity index is 6.30. The molecule has 70 heavy (non-hydrogen) atoms. The van der Waals surface area contributed by atoms with E-state index in [2.05, 4.69) is 6.92 Å². The lowest BCUT2D eigenvalue weighted by Crippen LogP contribution is -2.74. The van der Waals surface area contributed by atoms with Gasteiger partial charge in [0.25, 0.3) is 5.91 Å². The van der Waals surface area contributed by atoms with Gasteiger partial charge in [0, 0.05) is 25.4 Å². The van der Waals surface area contributed by atoms with Gasteiger partial charge in [0.05, 0.1) is 13.2 Å². The van der Waals surface area contributed by atoms with E-state index in [1.807, 2.05) is 20.8 Å². The highest BCUT2D eigenvalue weighted by Crippen LogP contribution is 2.62. The molecule has 3 unspecified atom stereocenters. The first kappa shape index (κ1) is 67.3. The number of unbranched alkanes of at least 4 members (excludes halogenated alkanes) is 12. The fourth-order valence-corrected chi connectivity index (χ4v) is 7.89. The van der Waals surface area contributed by atoms with Crippen molar-refractivity contribution >= 4 is 17.8 Å². The number of ether oxygens (including phenoxy) is 2. The summed E-state index contributed by atoms with van der Waals surface area (Å²) in [5.41, 5.74) is 0. The standard InChI is InChI=1S/C48H79F15N2O5/c1-7-11-27-37(10-4)35-70-40(67)31-23-19-15-13-17-21-29-38(28-20-16-12-14-18-22-30-39(66)69-34-36(9-3)26-8-2)65(33-25-24-32-64(5)6)41(68)42(49,50)43(51,52)44(53,54)45(55,56)46(57,58)47(59,60)48(61,62)63/h36-38H,7-35H2,1-6H3. The normalized spacial score (nSPS) is 14.7. The molecule has 0 aliphatic rings. The Labute approximate surface area is 405 Å². The van der Waals surface area contributed by atoms with Crippen molar-refractivity contribution in [3.05, 3.63) is 0 Å². The van der Waals surface area contributed by atoms with E-state index in [1.165, 1.54) is 0 Å². The fourth-order valence-electron chi connectivity index (χ4n) is 7.89. The first-order valence-corrected chi connectivity index (χ1v) is 25.0. The molecule has 0 aromatic rings. The van der Waals surface area contributed by atoms with Gasteiger partial charge in [-0.15, -0.1) is 0 Å². The van der Waals surface area contributed by atoms with Crippen LogP contribution in [0.25, 0.3) is 0 Å². The Bertz CT molecular complexity index is 1470. The molecular weight excluding hydrogens is 970 g/mol. The van der Waals surface area contributed by atoms with Crippen LogP contribution in [0.4, 0.5) is 65.9 Å². The molecule has 22 heteroatoms. The van der Waals surface area contributed by atoms with Crippen LogP contribution in [0.1, 0.15) is 188 Å². The molecule has 0 spiro atoms. The maximum absolute atomic E-state index is 15.6. The average molecular weight is 1050 g/mol. The number of halogens is 15. The second kappa shape index (κ2) is 31.8. The number of rotatable bonds is 41. The van der Waals surface area contributed by atoms with E-state index in [0.29, 0.717) is 77.4 Å². The number of carbonyl (C=O) groups excluding carboxylic acids is 3. The minimum atomic E-state index is -8.50. The van der Waals surface area contributed by atoms with Gasteiger partial charge in [-0.05, 0) is 83.8 Å². The Morgan fingerprint density at radius 2 is 0.814 bits per heavy atom. The lowest BCUT2D eigenvalue weighted by molar-refractivity contribution is -0.450. The van der Waals surface area contributed by atoms with Crippen molar-refractivity contribution in [2.45, 2.75) is 236 Å². The number of hydrogen-bond donors (Lipinski definition) is 0. The quantitative estimate of drug-likeness (QED) is 0.0345. The van der Waals surface area contributed by atoms with Crippen LogP contribution < -0.4 is 0 Å². The first-order valence-electron chi connectivity index (χ1n) is 25.0. The van der Waals surface area contributed by atoms with Gasteiger partial charge in [0.1, 0.15) is 0 Å². The molecule has 0 bridgehead atoms. The van der Waals surface area contributed by atoms with Crippen LogP contribution in [0.2, 0.25) is 0 Å². The monoisotopic (exact) mass is 1050 g/mol. The van der Waals surface area contributed by atoms with E-state index in [-0.39, 0.29) is 86.6 Å². The number of amides is 1. The third kappa shape index (κ3) is 20.3. The molecule has 7 nitrogen and oxygen atoms in total.